The van der Waals surface area contributed by atoms with E-state index in [0.717, 1.165) is 0 Å². The molecular formula is C14H22INO2. The van der Waals surface area contributed by atoms with E-state index in [-0.39, 0.29) is 6.29 Å². The van der Waals surface area contributed by atoms with Crippen LogP contribution in [0.1, 0.15) is 32.4 Å². The number of ether oxygens (including phenoxy) is 2. The summed E-state index contributed by atoms with van der Waals surface area (Å²) in [5.74, 6) is 0. The van der Waals surface area contributed by atoms with Gasteiger partial charge in [-0.3, -0.25) is 0 Å². The first-order valence-electron chi connectivity index (χ1n) is 6.39. The third-order valence-corrected chi connectivity index (χ3v) is 3.38. The van der Waals surface area contributed by atoms with Crippen molar-refractivity contribution in [3.05, 3.63) is 33.4 Å². The number of halogens is 1. The van der Waals surface area contributed by atoms with Gasteiger partial charge in [-0.25, -0.2) is 0 Å². The van der Waals surface area contributed by atoms with Gasteiger partial charge < -0.3 is 14.8 Å². The normalized spacial score (nSPS) is 12.9. The summed E-state index contributed by atoms with van der Waals surface area (Å²) in [6.45, 7) is 8.16. The highest BCUT2D eigenvalue weighted by Crippen LogP contribution is 2.14. The van der Waals surface area contributed by atoms with Gasteiger partial charge in [0.2, 0.25) is 0 Å². The van der Waals surface area contributed by atoms with Crippen LogP contribution < -0.4 is 5.32 Å². The van der Waals surface area contributed by atoms with E-state index < -0.39 is 0 Å². The predicted octanol–water partition coefficient (Wildman–Crippen LogP) is 3.34. The SMILES string of the molecule is CCOC(CNC(C)c1ccc(I)cc1)OCC. The van der Waals surface area contributed by atoms with Crippen molar-refractivity contribution in [2.75, 3.05) is 19.8 Å². The van der Waals surface area contributed by atoms with Crippen LogP contribution in [-0.2, 0) is 9.47 Å². The largest absolute Gasteiger partial charge is 0.352 e. The van der Waals surface area contributed by atoms with Crippen LogP contribution in [0.5, 0.6) is 0 Å². The number of nitrogens with one attached hydrogen (secondary N) is 1. The highest BCUT2D eigenvalue weighted by Gasteiger charge is 2.10. The lowest BCUT2D eigenvalue weighted by Crippen LogP contribution is -2.33. The topological polar surface area (TPSA) is 30.5 Å². The highest BCUT2D eigenvalue weighted by atomic mass is 127. The van der Waals surface area contributed by atoms with Crippen LogP contribution in [0.2, 0.25) is 0 Å². The molecule has 0 fully saturated rings. The zero-order valence-corrected chi connectivity index (χ0v) is 13.4. The Morgan fingerprint density at radius 2 is 1.67 bits per heavy atom. The quantitative estimate of drug-likeness (QED) is 0.568. The summed E-state index contributed by atoms with van der Waals surface area (Å²) in [5.41, 5.74) is 1.28. The fraction of sp³-hybridized carbons (Fsp3) is 0.571. The van der Waals surface area contributed by atoms with Gasteiger partial charge >= 0.3 is 0 Å². The lowest BCUT2D eigenvalue weighted by Gasteiger charge is -2.21. The third kappa shape index (κ3) is 5.65. The fourth-order valence-electron chi connectivity index (χ4n) is 1.68. The molecule has 0 aliphatic heterocycles. The molecule has 4 heteroatoms. The molecule has 0 saturated carbocycles. The van der Waals surface area contributed by atoms with Crippen molar-refractivity contribution < 1.29 is 9.47 Å². The number of benzene rings is 1. The Balaban J connectivity index is 2.43. The zero-order valence-electron chi connectivity index (χ0n) is 11.3. The summed E-state index contributed by atoms with van der Waals surface area (Å²) in [5, 5.41) is 3.44. The molecular weight excluding hydrogens is 341 g/mol. The van der Waals surface area contributed by atoms with Gasteiger partial charge in [0, 0.05) is 29.4 Å². The molecule has 0 saturated heterocycles. The average Bonchev–Trinajstić information content (AvgIpc) is 2.37. The van der Waals surface area contributed by atoms with E-state index in [1.807, 2.05) is 13.8 Å². The van der Waals surface area contributed by atoms with Crippen molar-refractivity contribution in [2.45, 2.75) is 33.1 Å². The number of hydrogen-bond donors (Lipinski definition) is 1. The smallest absolute Gasteiger partial charge is 0.169 e. The minimum atomic E-state index is -0.161. The Hall–Kier alpha value is -0.170. The van der Waals surface area contributed by atoms with Crippen molar-refractivity contribution in [1.29, 1.82) is 0 Å². The summed E-state index contributed by atoms with van der Waals surface area (Å²) in [6, 6.07) is 8.84. The molecule has 18 heavy (non-hydrogen) atoms. The van der Waals surface area contributed by atoms with Crippen LogP contribution in [-0.4, -0.2) is 26.0 Å². The molecule has 0 amide bonds. The van der Waals surface area contributed by atoms with E-state index in [0.29, 0.717) is 25.8 Å². The predicted molar refractivity (Wildman–Crippen MR) is 82.6 cm³/mol. The molecule has 1 aromatic carbocycles. The Bertz CT molecular complexity index is 323. The molecule has 0 heterocycles. The van der Waals surface area contributed by atoms with Gasteiger partial charge in [0.15, 0.2) is 6.29 Å². The monoisotopic (exact) mass is 363 g/mol. The molecule has 1 rings (SSSR count). The van der Waals surface area contributed by atoms with Crippen molar-refractivity contribution >= 4 is 22.6 Å². The van der Waals surface area contributed by atoms with Crippen LogP contribution >= 0.6 is 22.6 Å². The van der Waals surface area contributed by atoms with E-state index in [1.165, 1.54) is 9.13 Å². The number of hydrogen-bond acceptors (Lipinski definition) is 3. The lowest BCUT2D eigenvalue weighted by atomic mass is 10.1. The van der Waals surface area contributed by atoms with Gasteiger partial charge in [0.1, 0.15) is 0 Å². The summed E-state index contributed by atoms with van der Waals surface area (Å²) in [4.78, 5) is 0. The Kier molecular flexibility index (Phi) is 7.81. The van der Waals surface area contributed by atoms with Crippen molar-refractivity contribution in [1.82, 2.24) is 5.32 Å². The first kappa shape index (κ1) is 15.9. The molecule has 0 aromatic heterocycles. The first-order valence-corrected chi connectivity index (χ1v) is 7.47. The summed E-state index contributed by atoms with van der Waals surface area (Å²) in [7, 11) is 0. The van der Waals surface area contributed by atoms with Crippen LogP contribution in [0, 0.1) is 3.57 Å². The molecule has 1 atom stereocenters. The Morgan fingerprint density at radius 3 is 2.17 bits per heavy atom. The second-order valence-electron chi connectivity index (χ2n) is 4.02. The Morgan fingerprint density at radius 1 is 1.11 bits per heavy atom. The van der Waals surface area contributed by atoms with Crippen molar-refractivity contribution in [2.24, 2.45) is 0 Å². The highest BCUT2D eigenvalue weighted by molar-refractivity contribution is 14.1. The Labute approximate surface area is 123 Å². The average molecular weight is 363 g/mol. The van der Waals surface area contributed by atoms with Crippen molar-refractivity contribution in [3.63, 3.8) is 0 Å². The summed E-state index contributed by atoms with van der Waals surface area (Å²) < 4.78 is 12.3. The van der Waals surface area contributed by atoms with Crippen LogP contribution in [0.3, 0.4) is 0 Å². The van der Waals surface area contributed by atoms with E-state index in [4.69, 9.17) is 9.47 Å². The van der Waals surface area contributed by atoms with Gasteiger partial charge in [0.25, 0.3) is 0 Å². The molecule has 3 nitrogen and oxygen atoms in total. The minimum Gasteiger partial charge on any atom is -0.352 e. The first-order chi connectivity index (χ1) is 8.67. The van der Waals surface area contributed by atoms with Gasteiger partial charge in [-0.05, 0) is 61.1 Å². The maximum absolute atomic E-state index is 5.50. The van der Waals surface area contributed by atoms with Crippen molar-refractivity contribution in [3.8, 4) is 0 Å². The summed E-state index contributed by atoms with van der Waals surface area (Å²) >= 11 is 2.31. The molecule has 0 aliphatic carbocycles. The van der Waals surface area contributed by atoms with E-state index >= 15 is 0 Å². The summed E-state index contributed by atoms with van der Waals surface area (Å²) in [6.07, 6.45) is -0.161. The van der Waals surface area contributed by atoms with E-state index in [2.05, 4.69) is 59.1 Å². The van der Waals surface area contributed by atoms with Crippen LogP contribution in [0.25, 0.3) is 0 Å². The zero-order chi connectivity index (χ0) is 13.4. The van der Waals surface area contributed by atoms with Crippen LogP contribution in [0.15, 0.2) is 24.3 Å². The maximum atomic E-state index is 5.50. The van der Waals surface area contributed by atoms with Crippen LogP contribution in [0.4, 0.5) is 0 Å². The molecule has 1 unspecified atom stereocenters. The molecule has 0 bridgehead atoms. The maximum Gasteiger partial charge on any atom is 0.169 e. The lowest BCUT2D eigenvalue weighted by molar-refractivity contribution is -0.133. The molecule has 0 aliphatic rings. The van der Waals surface area contributed by atoms with Gasteiger partial charge in [-0.1, -0.05) is 12.1 Å². The number of rotatable bonds is 8. The van der Waals surface area contributed by atoms with E-state index in [1.54, 1.807) is 0 Å². The standard InChI is InChI=1S/C14H22INO2/c1-4-17-14(18-5-2)10-16-11(3)12-6-8-13(15)9-7-12/h6-9,11,14,16H,4-5,10H2,1-3H3. The second-order valence-corrected chi connectivity index (χ2v) is 5.27. The molecule has 102 valence electrons. The third-order valence-electron chi connectivity index (χ3n) is 2.67. The van der Waals surface area contributed by atoms with Gasteiger partial charge in [-0.15, -0.1) is 0 Å². The van der Waals surface area contributed by atoms with E-state index in [9.17, 15) is 0 Å². The van der Waals surface area contributed by atoms with Gasteiger partial charge in [0.05, 0.1) is 0 Å². The second kappa shape index (κ2) is 8.85. The fourth-order valence-corrected chi connectivity index (χ4v) is 2.04. The molecule has 1 aromatic rings. The molecule has 0 spiro atoms. The molecule has 0 radical (unpaired) electrons. The van der Waals surface area contributed by atoms with Gasteiger partial charge in [-0.2, -0.15) is 0 Å². The molecule has 1 N–H and O–H groups in total. The minimum absolute atomic E-state index is 0.161.